The summed E-state index contributed by atoms with van der Waals surface area (Å²) in [5.41, 5.74) is 7.37. The largest absolute Gasteiger partial charge is 0.465 e. The minimum Gasteiger partial charge on any atom is -0.465 e. The first-order valence-corrected chi connectivity index (χ1v) is 4.79. The molecule has 0 unspecified atom stereocenters. The molecule has 1 aromatic carbocycles. The summed E-state index contributed by atoms with van der Waals surface area (Å²) in [5, 5.41) is 0. The number of esters is 1. The molecule has 15 heavy (non-hydrogen) atoms. The first-order chi connectivity index (χ1) is 7.13. The highest BCUT2D eigenvalue weighted by Crippen LogP contribution is 2.32. The molecule has 0 aromatic heterocycles. The minimum absolute atomic E-state index is 0.244. The third kappa shape index (κ3) is 1.61. The highest BCUT2D eigenvalue weighted by Gasteiger charge is 2.24. The third-order valence-corrected chi connectivity index (χ3v) is 2.73. The van der Waals surface area contributed by atoms with Gasteiger partial charge in [0.15, 0.2) is 0 Å². The van der Waals surface area contributed by atoms with E-state index < -0.39 is 11.8 Å². The summed E-state index contributed by atoms with van der Waals surface area (Å²) >= 11 is 0. The average molecular weight is 209 g/mol. The lowest BCUT2D eigenvalue weighted by Crippen LogP contribution is -2.09. The van der Waals surface area contributed by atoms with Gasteiger partial charge in [-0.15, -0.1) is 0 Å². The van der Waals surface area contributed by atoms with Crippen LogP contribution in [0, 0.1) is 5.82 Å². The molecular weight excluding hydrogens is 197 g/mol. The summed E-state index contributed by atoms with van der Waals surface area (Å²) in [4.78, 5) is 11.2. The molecular formula is C11H12FNO2. The van der Waals surface area contributed by atoms with Crippen LogP contribution in [0.3, 0.4) is 0 Å². The van der Waals surface area contributed by atoms with E-state index in [9.17, 15) is 9.18 Å². The van der Waals surface area contributed by atoms with Crippen molar-refractivity contribution in [2.45, 2.75) is 18.9 Å². The smallest absolute Gasteiger partial charge is 0.337 e. The molecule has 1 atom stereocenters. The molecule has 0 aliphatic heterocycles. The van der Waals surface area contributed by atoms with Crippen LogP contribution >= 0.6 is 0 Å². The van der Waals surface area contributed by atoms with E-state index >= 15 is 0 Å². The van der Waals surface area contributed by atoms with E-state index in [0.29, 0.717) is 5.56 Å². The predicted octanol–water partition coefficient (Wildman–Crippen LogP) is 1.56. The van der Waals surface area contributed by atoms with Gasteiger partial charge in [0.1, 0.15) is 5.82 Å². The lowest BCUT2D eigenvalue weighted by molar-refractivity contribution is 0.0600. The van der Waals surface area contributed by atoms with Crippen molar-refractivity contribution in [3.05, 3.63) is 34.6 Å². The number of hydrogen-bond donors (Lipinski definition) is 1. The van der Waals surface area contributed by atoms with Crippen molar-refractivity contribution in [3.8, 4) is 0 Å². The molecule has 1 aliphatic carbocycles. The van der Waals surface area contributed by atoms with E-state index in [4.69, 9.17) is 5.73 Å². The Bertz CT molecular complexity index is 417. The van der Waals surface area contributed by atoms with E-state index in [1.165, 1.54) is 13.2 Å². The Morgan fingerprint density at radius 1 is 1.60 bits per heavy atom. The molecule has 0 heterocycles. The van der Waals surface area contributed by atoms with Gasteiger partial charge in [-0.05, 0) is 30.5 Å². The topological polar surface area (TPSA) is 52.3 Å². The zero-order chi connectivity index (χ0) is 11.0. The molecule has 0 amide bonds. The zero-order valence-corrected chi connectivity index (χ0v) is 8.42. The number of ether oxygens (including phenoxy) is 1. The van der Waals surface area contributed by atoms with E-state index in [1.54, 1.807) is 6.07 Å². The minimum atomic E-state index is -0.517. The summed E-state index contributed by atoms with van der Waals surface area (Å²) in [5.74, 6) is -0.921. The van der Waals surface area contributed by atoms with Crippen molar-refractivity contribution in [2.75, 3.05) is 7.11 Å². The van der Waals surface area contributed by atoms with Crippen LogP contribution in [0.2, 0.25) is 0 Å². The van der Waals surface area contributed by atoms with Crippen LogP contribution in [0.15, 0.2) is 12.1 Å². The summed E-state index contributed by atoms with van der Waals surface area (Å²) in [7, 11) is 1.28. The van der Waals surface area contributed by atoms with E-state index in [-0.39, 0.29) is 11.6 Å². The maximum atomic E-state index is 13.6. The van der Waals surface area contributed by atoms with Crippen molar-refractivity contribution in [1.29, 1.82) is 0 Å². The number of aryl methyl sites for hydroxylation is 1. The second kappa shape index (κ2) is 3.62. The Labute approximate surface area is 87.0 Å². The number of benzene rings is 1. The van der Waals surface area contributed by atoms with E-state index in [2.05, 4.69) is 4.74 Å². The Kier molecular flexibility index (Phi) is 2.44. The van der Waals surface area contributed by atoms with Gasteiger partial charge in [0, 0.05) is 11.6 Å². The molecule has 4 heteroatoms. The summed E-state index contributed by atoms with van der Waals surface area (Å²) in [6.07, 6.45) is 1.45. The molecule has 0 saturated heterocycles. The predicted molar refractivity (Wildman–Crippen MR) is 53.0 cm³/mol. The number of nitrogens with two attached hydrogens (primary N) is 1. The molecule has 2 N–H and O–H groups in total. The standard InChI is InChI=1S/C11H12FNO2/c1-15-11(14)7-4-6-2-3-9(13)10(6)8(12)5-7/h4-5,9H,2-3,13H2,1H3/t9-/m1/s1. The summed E-state index contributed by atoms with van der Waals surface area (Å²) in [6.45, 7) is 0. The molecule has 0 saturated carbocycles. The number of carbonyl (C=O) groups is 1. The first-order valence-electron chi connectivity index (χ1n) is 4.79. The summed E-state index contributed by atoms with van der Waals surface area (Å²) in [6, 6.07) is 2.61. The van der Waals surface area contributed by atoms with Crippen LogP contribution in [0.25, 0.3) is 0 Å². The lowest BCUT2D eigenvalue weighted by Gasteiger charge is -2.08. The Balaban J connectivity index is 2.49. The fourth-order valence-electron chi connectivity index (χ4n) is 1.99. The maximum absolute atomic E-state index is 13.6. The van der Waals surface area contributed by atoms with Crippen molar-refractivity contribution >= 4 is 5.97 Å². The molecule has 0 radical (unpaired) electrons. The molecule has 0 bridgehead atoms. The summed E-state index contributed by atoms with van der Waals surface area (Å²) < 4.78 is 18.2. The van der Waals surface area contributed by atoms with Crippen molar-refractivity contribution in [3.63, 3.8) is 0 Å². The highest BCUT2D eigenvalue weighted by molar-refractivity contribution is 5.89. The number of halogens is 1. The number of carbonyl (C=O) groups excluding carboxylic acids is 1. The Morgan fingerprint density at radius 2 is 2.33 bits per heavy atom. The van der Waals surface area contributed by atoms with Gasteiger partial charge < -0.3 is 10.5 Å². The van der Waals surface area contributed by atoms with Gasteiger partial charge in [-0.25, -0.2) is 9.18 Å². The van der Waals surface area contributed by atoms with Crippen LogP contribution in [0.1, 0.15) is 33.9 Å². The van der Waals surface area contributed by atoms with Gasteiger partial charge >= 0.3 is 5.97 Å². The second-order valence-electron chi connectivity index (χ2n) is 3.67. The van der Waals surface area contributed by atoms with Crippen LogP contribution in [0.4, 0.5) is 4.39 Å². The molecule has 3 nitrogen and oxygen atoms in total. The molecule has 0 fully saturated rings. The fraction of sp³-hybridized carbons (Fsp3) is 0.364. The molecule has 1 aliphatic rings. The maximum Gasteiger partial charge on any atom is 0.337 e. The molecule has 2 rings (SSSR count). The number of fused-ring (bicyclic) bond motifs is 1. The van der Waals surface area contributed by atoms with E-state index in [0.717, 1.165) is 18.4 Å². The van der Waals surface area contributed by atoms with Crippen molar-refractivity contribution in [1.82, 2.24) is 0 Å². The quantitative estimate of drug-likeness (QED) is 0.714. The molecule has 1 aromatic rings. The van der Waals surface area contributed by atoms with Crippen molar-refractivity contribution < 1.29 is 13.9 Å². The molecule has 80 valence electrons. The van der Waals surface area contributed by atoms with Crippen LogP contribution in [0.5, 0.6) is 0 Å². The Morgan fingerprint density at radius 3 is 3.00 bits per heavy atom. The average Bonchev–Trinajstić information content (AvgIpc) is 2.59. The van der Waals surface area contributed by atoms with Gasteiger partial charge in [-0.3, -0.25) is 0 Å². The van der Waals surface area contributed by atoms with Crippen molar-refractivity contribution in [2.24, 2.45) is 5.73 Å². The fourth-order valence-corrected chi connectivity index (χ4v) is 1.99. The first kappa shape index (κ1) is 10.1. The van der Waals surface area contributed by atoms with E-state index in [1.807, 2.05) is 0 Å². The molecule has 0 spiro atoms. The van der Waals surface area contributed by atoms with Gasteiger partial charge in [0.2, 0.25) is 0 Å². The number of rotatable bonds is 1. The monoisotopic (exact) mass is 209 g/mol. The van der Waals surface area contributed by atoms with Gasteiger partial charge in [-0.2, -0.15) is 0 Å². The van der Waals surface area contributed by atoms with Gasteiger partial charge in [0.05, 0.1) is 12.7 Å². The zero-order valence-electron chi connectivity index (χ0n) is 8.42. The van der Waals surface area contributed by atoms with Crippen LogP contribution < -0.4 is 5.73 Å². The van der Waals surface area contributed by atoms with Crippen LogP contribution in [-0.4, -0.2) is 13.1 Å². The van der Waals surface area contributed by atoms with Gasteiger partial charge in [-0.1, -0.05) is 0 Å². The number of methoxy groups -OCH3 is 1. The normalized spacial score (nSPS) is 18.7. The third-order valence-electron chi connectivity index (χ3n) is 2.73. The SMILES string of the molecule is COC(=O)c1cc(F)c2c(c1)CC[C@H]2N. The highest BCUT2D eigenvalue weighted by atomic mass is 19.1. The van der Waals surface area contributed by atoms with Gasteiger partial charge in [0.25, 0.3) is 0 Å². The lowest BCUT2D eigenvalue weighted by atomic mass is 10.0. The number of hydrogen-bond acceptors (Lipinski definition) is 3. The van der Waals surface area contributed by atoms with Crippen LogP contribution in [-0.2, 0) is 11.2 Å². The second-order valence-corrected chi connectivity index (χ2v) is 3.67. The Hall–Kier alpha value is -1.42.